The minimum absolute atomic E-state index is 0.0602. The van der Waals surface area contributed by atoms with Gasteiger partial charge in [-0.05, 0) is 35.4 Å². The third-order valence-corrected chi connectivity index (χ3v) is 5.80. The maximum Gasteiger partial charge on any atom is 0.230 e. The van der Waals surface area contributed by atoms with Crippen LogP contribution in [0.2, 0.25) is 0 Å². The van der Waals surface area contributed by atoms with Gasteiger partial charge in [0.15, 0.2) is 5.16 Å². The highest BCUT2D eigenvalue weighted by molar-refractivity contribution is 7.99. The fourth-order valence-corrected chi connectivity index (χ4v) is 4.17. The molecule has 0 aliphatic carbocycles. The normalized spacial score (nSPS) is 11.9. The van der Waals surface area contributed by atoms with Gasteiger partial charge in [0, 0.05) is 0 Å². The third kappa shape index (κ3) is 4.16. The van der Waals surface area contributed by atoms with Crippen LogP contribution < -0.4 is 10.1 Å². The Hall–Kier alpha value is -3.32. The summed E-state index contributed by atoms with van der Waals surface area (Å²) in [5.41, 5.74) is 1.93. The van der Waals surface area contributed by atoms with Gasteiger partial charge in [-0.3, -0.25) is 9.36 Å². The molecule has 0 fully saturated rings. The maximum atomic E-state index is 12.6. The van der Waals surface area contributed by atoms with Crippen molar-refractivity contribution in [1.82, 2.24) is 20.1 Å². The largest absolute Gasteiger partial charge is 0.495 e. The van der Waals surface area contributed by atoms with Crippen LogP contribution in [-0.4, -0.2) is 33.5 Å². The quantitative estimate of drug-likeness (QED) is 0.451. The summed E-state index contributed by atoms with van der Waals surface area (Å²) in [5, 5.41) is 14.2. The van der Waals surface area contributed by atoms with Gasteiger partial charge in [-0.1, -0.05) is 66.4 Å². The Balaban J connectivity index is 1.44. The molecule has 1 amide bonds. The first kappa shape index (κ1) is 20.0. The van der Waals surface area contributed by atoms with Crippen molar-refractivity contribution in [3.63, 3.8) is 0 Å². The van der Waals surface area contributed by atoms with Crippen LogP contribution in [0.25, 0.3) is 16.5 Å². The molecule has 7 heteroatoms. The smallest absolute Gasteiger partial charge is 0.230 e. The molecule has 0 radical (unpaired) electrons. The summed E-state index contributed by atoms with van der Waals surface area (Å²) in [6.07, 6.45) is 1.62. The molecule has 0 aliphatic rings. The maximum absolute atomic E-state index is 12.6. The number of amides is 1. The van der Waals surface area contributed by atoms with Gasteiger partial charge in [0.25, 0.3) is 0 Å². The SMILES string of the molecule is COc1ccccc1-n1cnnc1SCC(=O)N[C@@H](C)c1cccc2ccccc12. The zero-order valence-corrected chi connectivity index (χ0v) is 17.6. The van der Waals surface area contributed by atoms with E-state index in [1.165, 1.54) is 11.8 Å². The van der Waals surface area contributed by atoms with Crippen LogP contribution in [0.5, 0.6) is 5.75 Å². The highest BCUT2D eigenvalue weighted by Gasteiger charge is 2.15. The topological polar surface area (TPSA) is 69.0 Å². The number of fused-ring (bicyclic) bond motifs is 1. The second-order valence-corrected chi connectivity index (χ2v) is 7.74. The molecule has 6 nitrogen and oxygen atoms in total. The molecular weight excluding hydrogens is 396 g/mol. The van der Waals surface area contributed by atoms with Crippen LogP contribution in [-0.2, 0) is 4.79 Å². The number of hydrogen-bond acceptors (Lipinski definition) is 5. The van der Waals surface area contributed by atoms with Crippen LogP contribution in [0.4, 0.5) is 0 Å². The van der Waals surface area contributed by atoms with E-state index >= 15 is 0 Å². The first-order valence-electron chi connectivity index (χ1n) is 9.60. The Kier molecular flexibility index (Phi) is 5.99. The summed E-state index contributed by atoms with van der Waals surface area (Å²) in [5.74, 6) is 0.895. The molecule has 0 aliphatic heterocycles. The summed E-state index contributed by atoms with van der Waals surface area (Å²) in [6.45, 7) is 2.00. The number of nitrogens with zero attached hydrogens (tertiary/aromatic N) is 3. The van der Waals surface area contributed by atoms with Gasteiger partial charge in [-0.2, -0.15) is 0 Å². The molecule has 0 spiro atoms. The number of benzene rings is 3. The van der Waals surface area contributed by atoms with Gasteiger partial charge < -0.3 is 10.1 Å². The highest BCUT2D eigenvalue weighted by atomic mass is 32.2. The lowest BCUT2D eigenvalue weighted by molar-refractivity contribution is -0.119. The van der Waals surface area contributed by atoms with Crippen molar-refractivity contribution in [3.8, 4) is 11.4 Å². The predicted octanol–water partition coefficient (Wildman–Crippen LogP) is 4.40. The van der Waals surface area contributed by atoms with E-state index in [9.17, 15) is 4.79 Å². The number of ether oxygens (including phenoxy) is 1. The van der Waals surface area contributed by atoms with E-state index in [-0.39, 0.29) is 17.7 Å². The number of para-hydroxylation sites is 2. The minimum atomic E-state index is -0.101. The first-order valence-corrected chi connectivity index (χ1v) is 10.6. The number of carbonyl (C=O) groups excluding carboxylic acids is 1. The van der Waals surface area contributed by atoms with Gasteiger partial charge in [-0.25, -0.2) is 0 Å². The summed E-state index contributed by atoms with van der Waals surface area (Å²) >= 11 is 1.34. The van der Waals surface area contributed by atoms with Crippen molar-refractivity contribution in [2.45, 2.75) is 18.1 Å². The first-order chi connectivity index (χ1) is 14.7. The number of methoxy groups -OCH3 is 1. The molecule has 4 rings (SSSR count). The van der Waals surface area contributed by atoms with E-state index in [4.69, 9.17) is 4.74 Å². The Labute approximate surface area is 179 Å². The zero-order valence-electron chi connectivity index (χ0n) is 16.8. The number of rotatable bonds is 7. The Morgan fingerprint density at radius 1 is 1.10 bits per heavy atom. The molecule has 0 saturated heterocycles. The molecule has 1 heterocycles. The number of hydrogen-bond donors (Lipinski definition) is 1. The molecule has 4 aromatic rings. The number of nitrogens with one attached hydrogen (secondary N) is 1. The number of aromatic nitrogens is 3. The monoisotopic (exact) mass is 418 g/mol. The van der Waals surface area contributed by atoms with E-state index in [0.29, 0.717) is 10.9 Å². The second-order valence-electron chi connectivity index (χ2n) is 6.80. The fraction of sp³-hybridized carbons (Fsp3) is 0.174. The van der Waals surface area contributed by atoms with Crippen molar-refractivity contribution in [3.05, 3.63) is 78.6 Å². The molecule has 0 bridgehead atoms. The predicted molar refractivity (Wildman–Crippen MR) is 119 cm³/mol. The fourth-order valence-electron chi connectivity index (χ4n) is 3.44. The highest BCUT2D eigenvalue weighted by Crippen LogP contribution is 2.27. The van der Waals surface area contributed by atoms with Gasteiger partial charge in [0.2, 0.25) is 5.91 Å². The molecule has 3 aromatic carbocycles. The van der Waals surface area contributed by atoms with Crippen molar-refractivity contribution < 1.29 is 9.53 Å². The van der Waals surface area contributed by atoms with Crippen LogP contribution in [0.3, 0.4) is 0 Å². The van der Waals surface area contributed by atoms with Crippen LogP contribution >= 0.6 is 11.8 Å². The van der Waals surface area contributed by atoms with E-state index in [1.54, 1.807) is 13.4 Å². The summed E-state index contributed by atoms with van der Waals surface area (Å²) in [7, 11) is 1.62. The lowest BCUT2D eigenvalue weighted by Gasteiger charge is -2.16. The van der Waals surface area contributed by atoms with Gasteiger partial charge in [-0.15, -0.1) is 10.2 Å². The summed E-state index contributed by atoms with van der Waals surface area (Å²) in [6, 6.07) is 21.9. The van der Waals surface area contributed by atoms with E-state index in [1.807, 2.05) is 54.0 Å². The molecule has 1 aromatic heterocycles. The van der Waals surface area contributed by atoms with Gasteiger partial charge in [0.1, 0.15) is 12.1 Å². The number of carbonyl (C=O) groups is 1. The Morgan fingerprint density at radius 3 is 2.73 bits per heavy atom. The second kappa shape index (κ2) is 9.00. The van der Waals surface area contributed by atoms with E-state index < -0.39 is 0 Å². The molecule has 1 atom stereocenters. The van der Waals surface area contributed by atoms with Crippen molar-refractivity contribution >= 4 is 28.4 Å². The molecule has 152 valence electrons. The van der Waals surface area contributed by atoms with Crippen molar-refractivity contribution in [2.24, 2.45) is 0 Å². The molecule has 0 saturated carbocycles. The average molecular weight is 419 g/mol. The van der Waals surface area contributed by atoms with Crippen molar-refractivity contribution in [2.75, 3.05) is 12.9 Å². The lowest BCUT2D eigenvalue weighted by atomic mass is 10.00. The summed E-state index contributed by atoms with van der Waals surface area (Å²) < 4.78 is 7.25. The molecular formula is C23H22N4O2S. The Morgan fingerprint density at radius 2 is 1.87 bits per heavy atom. The lowest BCUT2D eigenvalue weighted by Crippen LogP contribution is -2.28. The average Bonchev–Trinajstić information content (AvgIpc) is 3.25. The zero-order chi connectivity index (χ0) is 20.9. The van der Waals surface area contributed by atoms with E-state index in [0.717, 1.165) is 22.0 Å². The Bertz CT molecular complexity index is 1170. The van der Waals surface area contributed by atoms with Crippen LogP contribution in [0.1, 0.15) is 18.5 Å². The summed E-state index contributed by atoms with van der Waals surface area (Å²) in [4.78, 5) is 12.6. The number of thioether (sulfide) groups is 1. The standard InChI is InChI=1S/C23H22N4O2S/c1-16(18-11-7-9-17-8-3-4-10-19(17)18)25-22(28)14-30-23-26-24-15-27(23)20-12-5-6-13-21(20)29-2/h3-13,15-16H,14H2,1-2H3,(H,25,28)/t16-/m0/s1. The van der Waals surface area contributed by atoms with Crippen molar-refractivity contribution in [1.29, 1.82) is 0 Å². The van der Waals surface area contributed by atoms with Gasteiger partial charge >= 0.3 is 0 Å². The van der Waals surface area contributed by atoms with Crippen LogP contribution in [0.15, 0.2) is 78.2 Å². The minimum Gasteiger partial charge on any atom is -0.495 e. The van der Waals surface area contributed by atoms with Crippen LogP contribution in [0, 0.1) is 0 Å². The molecule has 0 unspecified atom stereocenters. The molecule has 30 heavy (non-hydrogen) atoms. The van der Waals surface area contributed by atoms with E-state index in [2.05, 4.69) is 39.8 Å². The van der Waals surface area contributed by atoms with Gasteiger partial charge in [0.05, 0.1) is 24.6 Å². The third-order valence-electron chi connectivity index (χ3n) is 4.86. The molecule has 1 N–H and O–H groups in total.